The van der Waals surface area contributed by atoms with E-state index in [1.165, 1.54) is 49.4 Å². The number of hydrogen-bond acceptors (Lipinski definition) is 2. The van der Waals surface area contributed by atoms with Gasteiger partial charge in [-0.2, -0.15) is 0 Å². The van der Waals surface area contributed by atoms with Crippen molar-refractivity contribution < 1.29 is 8.83 Å². The molecule has 0 aliphatic carbocycles. The van der Waals surface area contributed by atoms with Gasteiger partial charge in [-0.25, -0.2) is 0 Å². The van der Waals surface area contributed by atoms with Crippen molar-refractivity contribution in [1.82, 2.24) is 0 Å². The highest BCUT2D eigenvalue weighted by molar-refractivity contribution is 6.23. The summed E-state index contributed by atoms with van der Waals surface area (Å²) in [6.07, 6.45) is 1.85. The van der Waals surface area contributed by atoms with Crippen molar-refractivity contribution >= 4 is 54.5 Å². The topological polar surface area (TPSA) is 26.3 Å². The third-order valence-corrected chi connectivity index (χ3v) is 9.75. The van der Waals surface area contributed by atoms with Gasteiger partial charge in [-0.05, 0) is 84.8 Å². The highest BCUT2D eigenvalue weighted by atomic mass is 16.3. The van der Waals surface area contributed by atoms with Gasteiger partial charge in [0.1, 0.15) is 16.7 Å². The standard InChI is InChI=1S/C46H28O2/c1-3-13-29(14-4-1)32-17-7-8-18-33(32)46-36-21-11-9-19-34(36)45(35-20-10-12-22-37(35)46)31-23-24-42-38(25-31)39-26-43-40(27-44(39)48-42)41(28-47-43)30-15-5-2-6-16-30/h1-28H. The van der Waals surface area contributed by atoms with Crippen LogP contribution in [0.15, 0.2) is 179 Å². The summed E-state index contributed by atoms with van der Waals surface area (Å²) in [5.74, 6) is 0. The van der Waals surface area contributed by atoms with Crippen LogP contribution in [0.5, 0.6) is 0 Å². The van der Waals surface area contributed by atoms with Crippen LogP contribution in [0, 0.1) is 0 Å². The van der Waals surface area contributed by atoms with Gasteiger partial charge in [0, 0.05) is 21.7 Å². The molecule has 0 bridgehead atoms. The van der Waals surface area contributed by atoms with E-state index >= 15 is 0 Å². The maximum absolute atomic E-state index is 6.48. The molecule has 10 rings (SSSR count). The zero-order valence-corrected chi connectivity index (χ0v) is 26.0. The molecule has 0 unspecified atom stereocenters. The van der Waals surface area contributed by atoms with Gasteiger partial charge in [-0.1, -0.05) is 140 Å². The van der Waals surface area contributed by atoms with Gasteiger partial charge < -0.3 is 8.83 Å². The second-order valence-corrected chi connectivity index (χ2v) is 12.4. The summed E-state index contributed by atoms with van der Waals surface area (Å²) in [6.45, 7) is 0. The molecule has 0 radical (unpaired) electrons. The summed E-state index contributed by atoms with van der Waals surface area (Å²) in [7, 11) is 0. The average Bonchev–Trinajstić information content (AvgIpc) is 3.74. The molecule has 2 aromatic heterocycles. The Labute approximate surface area is 277 Å². The van der Waals surface area contributed by atoms with E-state index in [1.807, 2.05) is 12.3 Å². The Hall–Kier alpha value is -6.38. The molecule has 0 saturated heterocycles. The zero-order chi connectivity index (χ0) is 31.6. The third kappa shape index (κ3) is 4.06. The van der Waals surface area contributed by atoms with Crippen LogP contribution in [0.4, 0.5) is 0 Å². The Kier molecular flexibility index (Phi) is 5.91. The Balaban J connectivity index is 1.22. The van der Waals surface area contributed by atoms with E-state index in [2.05, 4.69) is 158 Å². The van der Waals surface area contributed by atoms with Gasteiger partial charge in [-0.15, -0.1) is 0 Å². The van der Waals surface area contributed by atoms with Gasteiger partial charge in [0.05, 0.1) is 6.26 Å². The molecule has 0 saturated carbocycles. The van der Waals surface area contributed by atoms with Crippen LogP contribution in [0.3, 0.4) is 0 Å². The first-order valence-corrected chi connectivity index (χ1v) is 16.3. The van der Waals surface area contributed by atoms with Crippen LogP contribution < -0.4 is 0 Å². The predicted molar refractivity (Wildman–Crippen MR) is 200 cm³/mol. The van der Waals surface area contributed by atoms with Crippen molar-refractivity contribution in [3.8, 4) is 44.5 Å². The minimum atomic E-state index is 0.854. The maximum atomic E-state index is 6.48. The molecule has 48 heavy (non-hydrogen) atoms. The molecule has 0 N–H and O–H groups in total. The molecule has 0 aliphatic rings. The molecule has 2 heteroatoms. The van der Waals surface area contributed by atoms with Gasteiger partial charge >= 0.3 is 0 Å². The molecule has 8 aromatic carbocycles. The van der Waals surface area contributed by atoms with Crippen LogP contribution in [-0.2, 0) is 0 Å². The smallest absolute Gasteiger partial charge is 0.136 e. The lowest BCUT2D eigenvalue weighted by atomic mass is 9.83. The van der Waals surface area contributed by atoms with Gasteiger partial charge in [0.25, 0.3) is 0 Å². The van der Waals surface area contributed by atoms with Crippen molar-refractivity contribution in [3.05, 3.63) is 170 Å². The van der Waals surface area contributed by atoms with Crippen LogP contribution in [0.2, 0.25) is 0 Å². The lowest BCUT2D eigenvalue weighted by Gasteiger charge is -2.19. The molecular weight excluding hydrogens is 585 g/mol. The summed E-state index contributed by atoms with van der Waals surface area (Å²) in [5.41, 5.74) is 12.1. The number of benzene rings is 8. The molecule has 10 aromatic rings. The minimum absolute atomic E-state index is 0.854. The van der Waals surface area contributed by atoms with E-state index in [0.29, 0.717) is 0 Å². The van der Waals surface area contributed by atoms with Crippen molar-refractivity contribution in [2.75, 3.05) is 0 Å². The zero-order valence-electron chi connectivity index (χ0n) is 26.0. The van der Waals surface area contributed by atoms with Crippen LogP contribution in [0.1, 0.15) is 0 Å². The first-order valence-electron chi connectivity index (χ1n) is 16.3. The number of furan rings is 2. The molecule has 0 amide bonds. The molecular formula is C46H28O2. The highest BCUT2D eigenvalue weighted by Crippen LogP contribution is 2.47. The lowest BCUT2D eigenvalue weighted by Crippen LogP contribution is -1.92. The number of hydrogen-bond donors (Lipinski definition) is 0. The SMILES string of the molecule is c1ccc(-c2ccccc2-c2c3ccccc3c(-c3ccc4oc5cc6c(-c7ccccc7)coc6cc5c4c3)c3ccccc23)cc1. The molecule has 0 spiro atoms. The summed E-state index contributed by atoms with van der Waals surface area (Å²) < 4.78 is 12.6. The lowest BCUT2D eigenvalue weighted by molar-refractivity contribution is 0.617. The summed E-state index contributed by atoms with van der Waals surface area (Å²) in [6, 6.07) is 58.4. The van der Waals surface area contributed by atoms with Crippen LogP contribution in [0.25, 0.3) is 99.0 Å². The minimum Gasteiger partial charge on any atom is -0.464 e. The number of fused-ring (bicyclic) bond motifs is 6. The molecule has 224 valence electrons. The van der Waals surface area contributed by atoms with E-state index in [-0.39, 0.29) is 0 Å². The van der Waals surface area contributed by atoms with Crippen molar-refractivity contribution in [1.29, 1.82) is 0 Å². The second-order valence-electron chi connectivity index (χ2n) is 12.4. The van der Waals surface area contributed by atoms with Crippen molar-refractivity contribution in [2.24, 2.45) is 0 Å². The third-order valence-electron chi connectivity index (χ3n) is 9.75. The van der Waals surface area contributed by atoms with Gasteiger partial charge in [0.15, 0.2) is 0 Å². The van der Waals surface area contributed by atoms with E-state index in [0.717, 1.165) is 49.6 Å². The Bertz CT molecular complexity index is 2760. The Morgan fingerprint density at radius 1 is 0.292 bits per heavy atom. The predicted octanol–water partition coefficient (Wildman–Crippen LogP) is 13.3. The first kappa shape index (κ1) is 26.8. The summed E-state index contributed by atoms with van der Waals surface area (Å²) >= 11 is 0. The van der Waals surface area contributed by atoms with Crippen molar-refractivity contribution in [2.45, 2.75) is 0 Å². The van der Waals surface area contributed by atoms with E-state index in [4.69, 9.17) is 8.83 Å². The van der Waals surface area contributed by atoms with Crippen LogP contribution >= 0.6 is 0 Å². The first-order chi connectivity index (χ1) is 23.8. The average molecular weight is 613 g/mol. The molecule has 2 heterocycles. The molecule has 0 fully saturated rings. The number of rotatable bonds is 4. The van der Waals surface area contributed by atoms with E-state index in [1.54, 1.807) is 0 Å². The van der Waals surface area contributed by atoms with Crippen molar-refractivity contribution in [3.63, 3.8) is 0 Å². The Morgan fingerprint density at radius 3 is 1.48 bits per heavy atom. The Morgan fingerprint density at radius 2 is 0.812 bits per heavy atom. The quantitative estimate of drug-likeness (QED) is 0.185. The van der Waals surface area contributed by atoms with Crippen LogP contribution in [-0.4, -0.2) is 0 Å². The second kappa shape index (κ2) is 10.6. The fraction of sp³-hybridized carbons (Fsp3) is 0. The maximum Gasteiger partial charge on any atom is 0.136 e. The summed E-state index contributed by atoms with van der Waals surface area (Å²) in [5, 5.41) is 8.10. The van der Waals surface area contributed by atoms with Gasteiger partial charge in [0.2, 0.25) is 0 Å². The fourth-order valence-corrected chi connectivity index (χ4v) is 7.59. The largest absolute Gasteiger partial charge is 0.464 e. The highest BCUT2D eigenvalue weighted by Gasteiger charge is 2.20. The van der Waals surface area contributed by atoms with E-state index in [9.17, 15) is 0 Å². The summed E-state index contributed by atoms with van der Waals surface area (Å²) in [4.78, 5) is 0. The molecule has 0 aliphatic heterocycles. The normalized spacial score (nSPS) is 11.8. The van der Waals surface area contributed by atoms with E-state index < -0.39 is 0 Å². The monoisotopic (exact) mass is 612 g/mol. The van der Waals surface area contributed by atoms with Gasteiger partial charge in [-0.3, -0.25) is 0 Å². The molecule has 0 atom stereocenters. The fourth-order valence-electron chi connectivity index (χ4n) is 7.59. The molecule has 2 nitrogen and oxygen atoms in total.